The summed E-state index contributed by atoms with van der Waals surface area (Å²) in [7, 11) is -7.09. The first-order valence-corrected chi connectivity index (χ1v) is 13.1. The highest BCUT2D eigenvalue weighted by molar-refractivity contribution is 7.91. The Bertz CT molecular complexity index is 1040. The predicted octanol–water partition coefficient (Wildman–Crippen LogP) is 1.04. The fourth-order valence-corrected chi connectivity index (χ4v) is 6.73. The van der Waals surface area contributed by atoms with Gasteiger partial charge in [0.2, 0.25) is 10.0 Å². The van der Waals surface area contributed by atoms with Gasteiger partial charge in [-0.15, -0.1) is 0 Å². The van der Waals surface area contributed by atoms with Crippen molar-refractivity contribution in [3.8, 4) is 5.75 Å². The predicted molar refractivity (Wildman–Crippen MR) is 113 cm³/mol. The van der Waals surface area contributed by atoms with E-state index in [1.165, 1.54) is 15.3 Å². The number of hydrogen-bond donors (Lipinski definition) is 0. The third kappa shape index (κ3) is 5.71. The summed E-state index contributed by atoms with van der Waals surface area (Å²) in [4.78, 5) is 24.4. The minimum Gasteiger partial charge on any atom is -0.477 e. The second-order valence-corrected chi connectivity index (χ2v) is 11.2. The summed E-state index contributed by atoms with van der Waals surface area (Å²) in [6.45, 7) is 5.19. The van der Waals surface area contributed by atoms with Crippen LogP contribution in [0.3, 0.4) is 0 Å². The van der Waals surface area contributed by atoms with Crippen molar-refractivity contribution in [3.05, 3.63) is 28.3 Å². The summed E-state index contributed by atoms with van der Waals surface area (Å²) in [6.07, 6.45) is 0.333. The normalized spacial score (nSPS) is 18.1. The van der Waals surface area contributed by atoms with Crippen molar-refractivity contribution in [1.82, 2.24) is 9.21 Å². The second kappa shape index (κ2) is 9.92. The number of benzene rings is 1. The molecule has 11 nitrogen and oxygen atoms in total. The standard InChI is InChI=1S/C18H27N3O8S2/c1-4-19(5-2)31(27,28)15-7-8-17(16(11-15)21(23)24)29-12-18(22)20(6-3)14-9-10-30(25,26)13-14/h7-8,11,14H,4-6,9-10,12-13H2,1-3H3. The van der Waals surface area contributed by atoms with Crippen molar-refractivity contribution >= 4 is 31.5 Å². The van der Waals surface area contributed by atoms with Gasteiger partial charge in [-0.2, -0.15) is 4.31 Å². The van der Waals surface area contributed by atoms with Gasteiger partial charge in [-0.3, -0.25) is 14.9 Å². The zero-order chi connectivity index (χ0) is 23.4. The third-order valence-electron chi connectivity index (χ3n) is 5.13. The van der Waals surface area contributed by atoms with E-state index in [1.54, 1.807) is 20.8 Å². The SMILES string of the molecule is CCN(C(=O)COc1ccc(S(=O)(=O)N(CC)CC)cc1[N+](=O)[O-])C1CCS(=O)(=O)C1. The Hall–Kier alpha value is -2.25. The van der Waals surface area contributed by atoms with Gasteiger partial charge in [-0.05, 0) is 25.5 Å². The molecule has 1 saturated heterocycles. The lowest BCUT2D eigenvalue weighted by Crippen LogP contribution is -2.43. The number of rotatable bonds is 10. The van der Waals surface area contributed by atoms with E-state index in [0.717, 1.165) is 12.1 Å². The fraction of sp³-hybridized carbons (Fsp3) is 0.611. The van der Waals surface area contributed by atoms with E-state index in [-0.39, 0.29) is 41.8 Å². The number of nitro benzene ring substituents is 1. The minimum absolute atomic E-state index is 0.0102. The monoisotopic (exact) mass is 477 g/mol. The smallest absolute Gasteiger partial charge is 0.312 e. The maximum absolute atomic E-state index is 12.6. The van der Waals surface area contributed by atoms with Crippen molar-refractivity contribution in [3.63, 3.8) is 0 Å². The Morgan fingerprint density at radius 1 is 1.23 bits per heavy atom. The number of hydrogen-bond acceptors (Lipinski definition) is 8. The summed E-state index contributed by atoms with van der Waals surface area (Å²) >= 11 is 0. The quantitative estimate of drug-likeness (QED) is 0.359. The van der Waals surface area contributed by atoms with E-state index in [4.69, 9.17) is 4.74 Å². The Morgan fingerprint density at radius 3 is 2.35 bits per heavy atom. The number of carbonyl (C=O) groups is 1. The van der Waals surface area contributed by atoms with Gasteiger partial charge in [-0.25, -0.2) is 16.8 Å². The molecule has 0 spiro atoms. The number of likely N-dealkylation sites (N-methyl/N-ethyl adjacent to an activating group) is 1. The Morgan fingerprint density at radius 2 is 1.87 bits per heavy atom. The van der Waals surface area contributed by atoms with Crippen molar-refractivity contribution in [2.24, 2.45) is 0 Å². The molecule has 0 aromatic heterocycles. The van der Waals surface area contributed by atoms with E-state index < -0.39 is 49.0 Å². The van der Waals surface area contributed by atoms with E-state index in [1.807, 2.05) is 0 Å². The van der Waals surface area contributed by atoms with Gasteiger partial charge in [0.25, 0.3) is 5.91 Å². The molecular weight excluding hydrogens is 450 g/mol. The molecular formula is C18H27N3O8S2. The molecule has 31 heavy (non-hydrogen) atoms. The molecule has 2 rings (SSSR count). The average Bonchev–Trinajstić information content (AvgIpc) is 3.06. The first-order valence-electron chi connectivity index (χ1n) is 9.88. The van der Waals surface area contributed by atoms with Gasteiger partial charge in [0.15, 0.2) is 22.2 Å². The molecule has 1 amide bonds. The highest BCUT2D eigenvalue weighted by Crippen LogP contribution is 2.31. The Kier molecular flexibility index (Phi) is 8.00. The van der Waals surface area contributed by atoms with Gasteiger partial charge in [0.1, 0.15) is 0 Å². The molecule has 1 unspecified atom stereocenters. The molecule has 1 aromatic carbocycles. The average molecular weight is 478 g/mol. The van der Waals surface area contributed by atoms with Crippen LogP contribution in [-0.4, -0.2) is 80.7 Å². The Labute approximate surface area is 182 Å². The Balaban J connectivity index is 2.21. The molecule has 0 bridgehead atoms. The lowest BCUT2D eigenvalue weighted by Gasteiger charge is -2.26. The van der Waals surface area contributed by atoms with E-state index >= 15 is 0 Å². The molecule has 1 fully saturated rings. The van der Waals surface area contributed by atoms with Crippen LogP contribution in [0.15, 0.2) is 23.1 Å². The van der Waals surface area contributed by atoms with Crippen LogP contribution in [0, 0.1) is 10.1 Å². The summed E-state index contributed by atoms with van der Waals surface area (Å²) in [5, 5.41) is 11.5. The molecule has 13 heteroatoms. The number of ether oxygens (including phenoxy) is 1. The van der Waals surface area contributed by atoms with Crippen LogP contribution in [0.4, 0.5) is 5.69 Å². The zero-order valence-corrected chi connectivity index (χ0v) is 19.3. The van der Waals surface area contributed by atoms with Crippen molar-refractivity contribution in [2.75, 3.05) is 37.7 Å². The summed E-state index contributed by atoms with van der Waals surface area (Å²) < 4.78 is 55.2. The first-order chi connectivity index (χ1) is 14.5. The van der Waals surface area contributed by atoms with Crippen molar-refractivity contribution < 1.29 is 31.3 Å². The molecule has 0 radical (unpaired) electrons. The summed E-state index contributed by atoms with van der Waals surface area (Å²) in [5.41, 5.74) is -0.576. The lowest BCUT2D eigenvalue weighted by atomic mass is 10.2. The molecule has 0 aliphatic carbocycles. The number of amides is 1. The number of sulfone groups is 1. The largest absolute Gasteiger partial charge is 0.477 e. The molecule has 0 N–H and O–H groups in total. The van der Waals surface area contributed by atoms with Crippen LogP contribution in [0.2, 0.25) is 0 Å². The molecule has 1 heterocycles. The van der Waals surface area contributed by atoms with Crippen LogP contribution >= 0.6 is 0 Å². The zero-order valence-electron chi connectivity index (χ0n) is 17.7. The highest BCUT2D eigenvalue weighted by Gasteiger charge is 2.34. The van der Waals surface area contributed by atoms with E-state index in [0.29, 0.717) is 6.42 Å². The topological polar surface area (TPSA) is 144 Å². The van der Waals surface area contributed by atoms with E-state index in [2.05, 4.69) is 0 Å². The molecule has 1 aliphatic heterocycles. The highest BCUT2D eigenvalue weighted by atomic mass is 32.2. The van der Waals surface area contributed by atoms with Gasteiger partial charge in [-0.1, -0.05) is 13.8 Å². The van der Waals surface area contributed by atoms with Crippen LogP contribution in [0.5, 0.6) is 5.75 Å². The van der Waals surface area contributed by atoms with Gasteiger partial charge < -0.3 is 9.64 Å². The third-order valence-corrected chi connectivity index (χ3v) is 8.93. The van der Waals surface area contributed by atoms with Gasteiger partial charge >= 0.3 is 5.69 Å². The van der Waals surface area contributed by atoms with Crippen LogP contribution in [-0.2, 0) is 24.7 Å². The molecule has 174 valence electrons. The van der Waals surface area contributed by atoms with Crippen LogP contribution in [0.1, 0.15) is 27.2 Å². The number of nitro groups is 1. The van der Waals surface area contributed by atoms with Gasteiger partial charge in [0.05, 0.1) is 21.3 Å². The molecule has 0 saturated carbocycles. The maximum atomic E-state index is 12.6. The number of nitrogens with zero attached hydrogens (tertiary/aromatic N) is 3. The summed E-state index contributed by atoms with van der Waals surface area (Å²) in [6, 6.07) is 2.80. The fourth-order valence-electron chi connectivity index (χ4n) is 3.52. The number of carbonyl (C=O) groups excluding carboxylic acids is 1. The molecule has 1 aromatic rings. The lowest BCUT2D eigenvalue weighted by molar-refractivity contribution is -0.386. The van der Waals surface area contributed by atoms with Crippen LogP contribution in [0.25, 0.3) is 0 Å². The summed E-state index contributed by atoms with van der Waals surface area (Å²) in [5.74, 6) is -0.855. The first kappa shape index (κ1) is 25.0. The van der Waals surface area contributed by atoms with E-state index in [9.17, 15) is 31.7 Å². The molecule has 1 aliphatic rings. The maximum Gasteiger partial charge on any atom is 0.312 e. The minimum atomic E-state index is -3.90. The van der Waals surface area contributed by atoms with Crippen molar-refractivity contribution in [2.45, 2.75) is 38.1 Å². The number of sulfonamides is 1. The second-order valence-electron chi connectivity index (χ2n) is 7.00. The van der Waals surface area contributed by atoms with Crippen molar-refractivity contribution in [1.29, 1.82) is 0 Å². The van der Waals surface area contributed by atoms with Crippen LogP contribution < -0.4 is 4.74 Å². The molecule has 1 atom stereocenters. The van der Waals surface area contributed by atoms with Gasteiger partial charge in [0, 0.05) is 31.7 Å².